The maximum atomic E-state index is 10.9. The molecule has 0 aromatic carbocycles. The SMILES string of the molecule is CC(=O)OC/C=C(\C)CC[C@@H]1C(C)=CC[C@@H]2C(C)(C)[C@H](O)CC[C@@]12C. The van der Waals surface area contributed by atoms with Crippen molar-refractivity contribution >= 4 is 5.97 Å². The highest BCUT2D eigenvalue weighted by atomic mass is 16.5. The number of hydrogen-bond acceptors (Lipinski definition) is 3. The molecule has 0 bridgehead atoms. The van der Waals surface area contributed by atoms with E-state index in [0.29, 0.717) is 18.4 Å². The minimum Gasteiger partial charge on any atom is -0.462 e. The molecule has 2 rings (SSSR count). The normalized spacial score (nSPS) is 34.9. The van der Waals surface area contributed by atoms with Crippen LogP contribution in [-0.4, -0.2) is 23.8 Å². The van der Waals surface area contributed by atoms with Gasteiger partial charge in [0, 0.05) is 6.92 Å². The highest BCUT2D eigenvalue weighted by molar-refractivity contribution is 5.66. The number of carbonyl (C=O) groups is 1. The van der Waals surface area contributed by atoms with Crippen LogP contribution < -0.4 is 0 Å². The van der Waals surface area contributed by atoms with E-state index >= 15 is 0 Å². The lowest BCUT2D eigenvalue weighted by atomic mass is 9.47. The van der Waals surface area contributed by atoms with Crippen LogP contribution in [0.1, 0.15) is 73.6 Å². The summed E-state index contributed by atoms with van der Waals surface area (Å²) in [6, 6.07) is 0. The standard InChI is InChI=1S/C22H36O3/c1-15(12-14-25-17(3)23)7-9-18-16(2)8-10-19-21(4,5)20(24)11-13-22(18,19)6/h8,12,18-20,24H,7,9-11,13-14H2,1-6H3/b15-12+/t18-,19-,20-,22+/m1/s1. The molecule has 0 amide bonds. The van der Waals surface area contributed by atoms with Gasteiger partial charge in [-0.25, -0.2) is 0 Å². The molecular weight excluding hydrogens is 312 g/mol. The van der Waals surface area contributed by atoms with Crippen molar-refractivity contribution in [1.82, 2.24) is 0 Å². The van der Waals surface area contributed by atoms with Gasteiger partial charge in [0.2, 0.25) is 0 Å². The number of carbonyl (C=O) groups excluding carboxylic acids is 1. The Balaban J connectivity index is 2.10. The number of hydrogen-bond donors (Lipinski definition) is 1. The van der Waals surface area contributed by atoms with Gasteiger partial charge in [-0.2, -0.15) is 0 Å². The topological polar surface area (TPSA) is 46.5 Å². The van der Waals surface area contributed by atoms with Gasteiger partial charge in [-0.15, -0.1) is 0 Å². The Morgan fingerprint density at radius 2 is 2.04 bits per heavy atom. The first-order valence-corrected chi connectivity index (χ1v) is 9.72. The first-order chi connectivity index (χ1) is 11.6. The molecule has 3 heteroatoms. The zero-order valence-electron chi connectivity index (χ0n) is 16.9. The van der Waals surface area contributed by atoms with E-state index in [1.54, 1.807) is 0 Å². The Labute approximate surface area is 153 Å². The third-order valence-electron chi connectivity index (χ3n) is 7.08. The molecule has 1 fully saturated rings. The summed E-state index contributed by atoms with van der Waals surface area (Å²) in [5, 5.41) is 10.5. The summed E-state index contributed by atoms with van der Waals surface area (Å²) in [5.41, 5.74) is 3.04. The fraction of sp³-hybridized carbons (Fsp3) is 0.773. The van der Waals surface area contributed by atoms with Crippen LogP contribution in [0.3, 0.4) is 0 Å². The molecule has 0 aromatic heterocycles. The van der Waals surface area contributed by atoms with E-state index in [-0.39, 0.29) is 22.9 Å². The predicted octanol–water partition coefficient (Wildman–Crippen LogP) is 5.05. The maximum absolute atomic E-state index is 10.9. The molecule has 0 unspecified atom stereocenters. The lowest BCUT2D eigenvalue weighted by Gasteiger charge is -2.58. The monoisotopic (exact) mass is 348 g/mol. The molecule has 2 aliphatic carbocycles. The smallest absolute Gasteiger partial charge is 0.302 e. The third kappa shape index (κ3) is 4.19. The van der Waals surface area contributed by atoms with E-state index in [9.17, 15) is 9.90 Å². The van der Waals surface area contributed by atoms with Gasteiger partial charge >= 0.3 is 5.97 Å². The molecule has 2 aliphatic rings. The van der Waals surface area contributed by atoms with Crippen molar-refractivity contribution in [2.45, 2.75) is 79.8 Å². The first-order valence-electron chi connectivity index (χ1n) is 9.72. The summed E-state index contributed by atoms with van der Waals surface area (Å²) in [5.74, 6) is 0.867. The van der Waals surface area contributed by atoms with Crippen LogP contribution in [0.25, 0.3) is 0 Å². The van der Waals surface area contributed by atoms with Crippen molar-refractivity contribution in [3.8, 4) is 0 Å². The molecule has 3 nitrogen and oxygen atoms in total. The van der Waals surface area contributed by atoms with Gasteiger partial charge in [0.05, 0.1) is 6.10 Å². The number of aliphatic hydroxyl groups excluding tert-OH is 1. The Hall–Kier alpha value is -1.09. The van der Waals surface area contributed by atoms with Crippen LogP contribution >= 0.6 is 0 Å². The highest BCUT2D eigenvalue weighted by Gasteiger charge is 2.54. The lowest BCUT2D eigenvalue weighted by molar-refractivity contribution is -0.139. The fourth-order valence-electron chi connectivity index (χ4n) is 5.36. The van der Waals surface area contributed by atoms with Gasteiger partial charge in [0.1, 0.15) is 6.61 Å². The second kappa shape index (κ2) is 7.65. The Morgan fingerprint density at radius 1 is 1.36 bits per heavy atom. The van der Waals surface area contributed by atoms with Crippen LogP contribution in [0, 0.1) is 22.7 Å². The summed E-state index contributed by atoms with van der Waals surface area (Å²) >= 11 is 0. The van der Waals surface area contributed by atoms with Crippen LogP contribution in [0.5, 0.6) is 0 Å². The number of fused-ring (bicyclic) bond motifs is 1. The van der Waals surface area contributed by atoms with Gasteiger partial charge in [-0.05, 0) is 74.7 Å². The highest BCUT2D eigenvalue weighted by Crippen LogP contribution is 2.60. The summed E-state index contributed by atoms with van der Waals surface area (Å²) in [4.78, 5) is 10.9. The quantitative estimate of drug-likeness (QED) is 0.559. The number of aliphatic hydroxyl groups is 1. The second-order valence-corrected chi connectivity index (χ2v) is 9.06. The van der Waals surface area contributed by atoms with Crippen molar-refractivity contribution < 1.29 is 14.6 Å². The zero-order chi connectivity index (χ0) is 18.8. The first kappa shape index (κ1) is 20.2. The van der Waals surface area contributed by atoms with Crippen molar-refractivity contribution in [1.29, 1.82) is 0 Å². The van der Waals surface area contributed by atoms with Crippen LogP contribution in [-0.2, 0) is 9.53 Å². The second-order valence-electron chi connectivity index (χ2n) is 9.06. The van der Waals surface area contributed by atoms with Gasteiger partial charge in [0.25, 0.3) is 0 Å². The molecular formula is C22H36O3. The van der Waals surface area contributed by atoms with E-state index in [4.69, 9.17) is 4.74 Å². The van der Waals surface area contributed by atoms with E-state index in [0.717, 1.165) is 32.1 Å². The Kier molecular flexibility index (Phi) is 6.19. The van der Waals surface area contributed by atoms with E-state index in [2.05, 4.69) is 40.7 Å². The molecule has 4 atom stereocenters. The lowest BCUT2D eigenvalue weighted by Crippen LogP contribution is -2.54. The minimum absolute atomic E-state index is 0.0251. The largest absolute Gasteiger partial charge is 0.462 e. The minimum atomic E-state index is -0.228. The fourth-order valence-corrected chi connectivity index (χ4v) is 5.36. The number of ether oxygens (including phenoxy) is 1. The number of allylic oxidation sites excluding steroid dienone is 3. The van der Waals surface area contributed by atoms with Gasteiger partial charge < -0.3 is 9.84 Å². The molecule has 1 N–H and O–H groups in total. The van der Waals surface area contributed by atoms with Crippen LogP contribution in [0.4, 0.5) is 0 Å². The molecule has 0 aliphatic heterocycles. The third-order valence-corrected chi connectivity index (χ3v) is 7.08. The van der Waals surface area contributed by atoms with E-state index in [1.165, 1.54) is 18.1 Å². The zero-order valence-corrected chi connectivity index (χ0v) is 16.9. The molecule has 142 valence electrons. The van der Waals surface area contributed by atoms with Crippen molar-refractivity contribution in [3.63, 3.8) is 0 Å². The average Bonchev–Trinajstić information content (AvgIpc) is 2.50. The maximum Gasteiger partial charge on any atom is 0.302 e. The Morgan fingerprint density at radius 3 is 2.68 bits per heavy atom. The van der Waals surface area contributed by atoms with Crippen LogP contribution in [0.2, 0.25) is 0 Å². The van der Waals surface area contributed by atoms with E-state index in [1.807, 2.05) is 6.08 Å². The summed E-state index contributed by atoms with van der Waals surface area (Å²) < 4.78 is 5.02. The molecule has 0 radical (unpaired) electrons. The summed E-state index contributed by atoms with van der Waals surface area (Å²) in [6.45, 7) is 13.2. The van der Waals surface area contributed by atoms with E-state index < -0.39 is 0 Å². The van der Waals surface area contributed by atoms with Gasteiger partial charge in [-0.1, -0.05) is 38.0 Å². The molecule has 0 heterocycles. The Bertz CT molecular complexity index is 558. The molecule has 1 saturated carbocycles. The molecule has 25 heavy (non-hydrogen) atoms. The summed E-state index contributed by atoms with van der Waals surface area (Å²) in [6.07, 6.45) is 9.51. The summed E-state index contributed by atoms with van der Waals surface area (Å²) in [7, 11) is 0. The molecule has 0 aromatic rings. The number of rotatable bonds is 5. The van der Waals surface area contributed by atoms with Crippen molar-refractivity contribution in [2.75, 3.05) is 6.61 Å². The molecule has 0 spiro atoms. The van der Waals surface area contributed by atoms with Crippen molar-refractivity contribution in [2.24, 2.45) is 22.7 Å². The number of esters is 1. The van der Waals surface area contributed by atoms with Crippen LogP contribution in [0.15, 0.2) is 23.3 Å². The van der Waals surface area contributed by atoms with Crippen molar-refractivity contribution in [3.05, 3.63) is 23.3 Å². The molecule has 0 saturated heterocycles. The predicted molar refractivity (Wildman–Crippen MR) is 102 cm³/mol. The van der Waals surface area contributed by atoms with Gasteiger partial charge in [0.15, 0.2) is 0 Å². The van der Waals surface area contributed by atoms with Gasteiger partial charge in [-0.3, -0.25) is 4.79 Å². The average molecular weight is 349 g/mol.